The molecule has 0 aliphatic heterocycles. The quantitative estimate of drug-likeness (QED) is 0.756. The standard InChI is InChI=1S/C16H14F5NOS/c1-8-12(13(23)15(17,18)10-6-7-10)24-14(22-8)9-2-4-11(5-3-9)16(19,20)21/h2-5,10,13,23H,6-7H2,1H3. The van der Waals surface area contributed by atoms with Crippen molar-refractivity contribution >= 4 is 11.3 Å². The van der Waals surface area contributed by atoms with Gasteiger partial charge in [0.25, 0.3) is 5.92 Å². The van der Waals surface area contributed by atoms with Gasteiger partial charge in [-0.05, 0) is 31.9 Å². The van der Waals surface area contributed by atoms with E-state index in [0.29, 0.717) is 23.4 Å². The van der Waals surface area contributed by atoms with Gasteiger partial charge in [0, 0.05) is 11.5 Å². The van der Waals surface area contributed by atoms with Gasteiger partial charge < -0.3 is 5.11 Å². The highest BCUT2D eigenvalue weighted by Crippen LogP contribution is 2.51. The van der Waals surface area contributed by atoms with Crippen LogP contribution in [0.25, 0.3) is 10.6 Å². The monoisotopic (exact) mass is 363 g/mol. The number of thiazole rings is 1. The summed E-state index contributed by atoms with van der Waals surface area (Å²) in [6.45, 7) is 1.51. The Hall–Kier alpha value is -1.54. The first-order chi connectivity index (χ1) is 11.1. The molecule has 1 aliphatic rings. The van der Waals surface area contributed by atoms with Gasteiger partial charge in [0.05, 0.1) is 16.1 Å². The lowest BCUT2D eigenvalue weighted by Gasteiger charge is -2.21. The Labute approximate surface area is 139 Å². The molecular weight excluding hydrogens is 349 g/mol. The molecule has 0 amide bonds. The maximum absolute atomic E-state index is 14.1. The summed E-state index contributed by atoms with van der Waals surface area (Å²) in [7, 11) is 0. The van der Waals surface area contributed by atoms with Gasteiger partial charge >= 0.3 is 6.18 Å². The SMILES string of the molecule is Cc1nc(-c2ccc(C(F)(F)F)cc2)sc1C(O)C(F)(F)C1CC1. The molecule has 0 saturated heterocycles. The van der Waals surface area contributed by atoms with E-state index in [1.54, 1.807) is 0 Å². The second kappa shape index (κ2) is 5.77. The topological polar surface area (TPSA) is 33.1 Å². The van der Waals surface area contributed by atoms with Gasteiger partial charge in [0.15, 0.2) is 6.10 Å². The number of hydrogen-bond donors (Lipinski definition) is 1. The van der Waals surface area contributed by atoms with Crippen LogP contribution in [-0.2, 0) is 6.18 Å². The number of hydrogen-bond acceptors (Lipinski definition) is 3. The van der Waals surface area contributed by atoms with Crippen molar-refractivity contribution < 1.29 is 27.1 Å². The summed E-state index contributed by atoms with van der Waals surface area (Å²) in [5, 5.41) is 10.3. The van der Waals surface area contributed by atoms with E-state index in [4.69, 9.17) is 0 Å². The lowest BCUT2D eigenvalue weighted by molar-refractivity contribution is -0.137. The van der Waals surface area contributed by atoms with Gasteiger partial charge in [-0.25, -0.2) is 13.8 Å². The largest absolute Gasteiger partial charge is 0.416 e. The van der Waals surface area contributed by atoms with E-state index >= 15 is 0 Å². The Balaban J connectivity index is 1.88. The summed E-state index contributed by atoms with van der Waals surface area (Å²) in [4.78, 5) is 4.19. The first-order valence-electron chi connectivity index (χ1n) is 7.31. The fourth-order valence-corrected chi connectivity index (χ4v) is 3.56. The summed E-state index contributed by atoms with van der Waals surface area (Å²) in [6.07, 6.45) is -5.61. The minimum Gasteiger partial charge on any atom is -0.381 e. The molecule has 0 bridgehead atoms. The number of nitrogens with zero attached hydrogens (tertiary/aromatic N) is 1. The molecule has 0 spiro atoms. The van der Waals surface area contributed by atoms with Crippen molar-refractivity contribution in [1.29, 1.82) is 0 Å². The number of aryl methyl sites for hydroxylation is 1. The minimum atomic E-state index is -4.44. The Bertz CT molecular complexity index is 734. The first-order valence-corrected chi connectivity index (χ1v) is 8.13. The molecular formula is C16H14F5NOS. The maximum atomic E-state index is 14.1. The second-order valence-corrected chi connectivity index (χ2v) is 6.93. The molecule has 8 heteroatoms. The minimum absolute atomic E-state index is 0.0572. The van der Waals surface area contributed by atoms with Gasteiger partial charge in [-0.1, -0.05) is 12.1 Å². The Kier molecular flexibility index (Phi) is 4.16. The van der Waals surface area contributed by atoms with Gasteiger partial charge in [-0.2, -0.15) is 13.2 Å². The summed E-state index contributed by atoms with van der Waals surface area (Å²) in [5.74, 6) is -4.03. The lowest BCUT2D eigenvalue weighted by atomic mass is 10.1. The van der Waals surface area contributed by atoms with E-state index in [0.717, 1.165) is 23.5 Å². The molecule has 1 saturated carbocycles. The summed E-state index contributed by atoms with van der Waals surface area (Å²) in [5.41, 5.74) is -0.132. The van der Waals surface area contributed by atoms with Crippen molar-refractivity contribution in [3.8, 4) is 10.6 Å². The number of aliphatic hydroxyl groups is 1. The molecule has 0 radical (unpaired) electrons. The Morgan fingerprint density at radius 3 is 2.21 bits per heavy atom. The molecule has 1 heterocycles. The first kappa shape index (κ1) is 17.3. The van der Waals surface area contributed by atoms with Crippen LogP contribution in [0.15, 0.2) is 24.3 Å². The van der Waals surface area contributed by atoms with E-state index in [9.17, 15) is 27.1 Å². The van der Waals surface area contributed by atoms with E-state index in [1.165, 1.54) is 19.1 Å². The molecule has 1 aromatic heterocycles. The fraction of sp³-hybridized carbons (Fsp3) is 0.438. The summed E-state index contributed by atoms with van der Waals surface area (Å²) < 4.78 is 65.9. The van der Waals surface area contributed by atoms with Crippen molar-refractivity contribution in [2.75, 3.05) is 0 Å². The molecule has 2 aromatic rings. The number of alkyl halides is 5. The number of halogens is 5. The Morgan fingerprint density at radius 2 is 1.71 bits per heavy atom. The predicted molar refractivity (Wildman–Crippen MR) is 79.9 cm³/mol. The zero-order chi connectivity index (χ0) is 17.7. The summed E-state index contributed by atoms with van der Waals surface area (Å²) in [6, 6.07) is 4.33. The zero-order valence-electron chi connectivity index (χ0n) is 12.6. The number of rotatable bonds is 4. The molecule has 24 heavy (non-hydrogen) atoms. The average Bonchev–Trinajstić information content (AvgIpc) is 3.30. The van der Waals surface area contributed by atoms with E-state index in [1.807, 2.05) is 0 Å². The van der Waals surface area contributed by atoms with Gasteiger partial charge in [-0.3, -0.25) is 0 Å². The van der Waals surface area contributed by atoms with Gasteiger partial charge in [0.1, 0.15) is 5.01 Å². The van der Waals surface area contributed by atoms with Crippen molar-refractivity contribution in [2.45, 2.75) is 38.0 Å². The van der Waals surface area contributed by atoms with Crippen LogP contribution in [0.4, 0.5) is 22.0 Å². The van der Waals surface area contributed by atoms with Crippen LogP contribution in [-0.4, -0.2) is 16.0 Å². The lowest BCUT2D eigenvalue weighted by Crippen LogP contribution is -2.28. The predicted octanol–water partition coefficient (Wildman–Crippen LogP) is 5.22. The Morgan fingerprint density at radius 1 is 1.12 bits per heavy atom. The highest BCUT2D eigenvalue weighted by Gasteiger charge is 2.53. The van der Waals surface area contributed by atoms with E-state index < -0.39 is 29.7 Å². The molecule has 1 aliphatic carbocycles. The maximum Gasteiger partial charge on any atom is 0.416 e. The smallest absolute Gasteiger partial charge is 0.381 e. The third-order valence-electron chi connectivity index (χ3n) is 4.03. The van der Waals surface area contributed by atoms with Crippen LogP contribution in [0, 0.1) is 12.8 Å². The highest BCUT2D eigenvalue weighted by molar-refractivity contribution is 7.15. The molecule has 1 unspecified atom stereocenters. The van der Waals surface area contributed by atoms with Crippen LogP contribution in [0.2, 0.25) is 0 Å². The third-order valence-corrected chi connectivity index (χ3v) is 5.29. The number of aromatic nitrogens is 1. The zero-order valence-corrected chi connectivity index (χ0v) is 13.4. The fourth-order valence-electron chi connectivity index (χ4n) is 2.45. The molecule has 1 N–H and O–H groups in total. The van der Waals surface area contributed by atoms with Crippen LogP contribution in [0.3, 0.4) is 0 Å². The molecule has 130 valence electrons. The highest BCUT2D eigenvalue weighted by atomic mass is 32.1. The van der Waals surface area contributed by atoms with Gasteiger partial charge in [-0.15, -0.1) is 11.3 Å². The number of aliphatic hydroxyl groups excluding tert-OH is 1. The third kappa shape index (κ3) is 3.17. The van der Waals surface area contributed by atoms with Crippen LogP contribution in [0.5, 0.6) is 0 Å². The van der Waals surface area contributed by atoms with Crippen LogP contribution >= 0.6 is 11.3 Å². The second-order valence-electron chi connectivity index (χ2n) is 5.90. The molecule has 1 aromatic carbocycles. The van der Waals surface area contributed by atoms with Crippen molar-refractivity contribution in [3.63, 3.8) is 0 Å². The van der Waals surface area contributed by atoms with Crippen molar-refractivity contribution in [2.24, 2.45) is 5.92 Å². The summed E-state index contributed by atoms with van der Waals surface area (Å²) >= 11 is 0.884. The molecule has 1 atom stereocenters. The van der Waals surface area contributed by atoms with Crippen molar-refractivity contribution in [1.82, 2.24) is 4.98 Å². The van der Waals surface area contributed by atoms with E-state index in [2.05, 4.69) is 4.98 Å². The van der Waals surface area contributed by atoms with Crippen molar-refractivity contribution in [3.05, 3.63) is 40.4 Å². The normalized spacial score (nSPS) is 17.1. The van der Waals surface area contributed by atoms with E-state index in [-0.39, 0.29) is 10.6 Å². The molecule has 3 rings (SSSR count). The van der Waals surface area contributed by atoms with Gasteiger partial charge in [0.2, 0.25) is 0 Å². The molecule has 1 fully saturated rings. The molecule has 2 nitrogen and oxygen atoms in total. The number of benzene rings is 1. The average molecular weight is 363 g/mol. The van der Waals surface area contributed by atoms with Crippen LogP contribution < -0.4 is 0 Å². The van der Waals surface area contributed by atoms with Crippen LogP contribution in [0.1, 0.15) is 35.1 Å².